The first kappa shape index (κ1) is 9.81. The predicted octanol–water partition coefficient (Wildman–Crippen LogP) is 2.13. The molecule has 0 atom stereocenters. The minimum absolute atomic E-state index is 0.141. The maximum Gasteiger partial charge on any atom is 0.416 e. The summed E-state index contributed by atoms with van der Waals surface area (Å²) in [6.45, 7) is 6.11. The molecule has 0 unspecified atom stereocenters. The van der Waals surface area contributed by atoms with Crippen molar-refractivity contribution >= 4 is 0 Å². The van der Waals surface area contributed by atoms with E-state index in [2.05, 4.69) is 13.2 Å². The number of alkyl halides is 3. The zero-order valence-electron chi connectivity index (χ0n) is 5.78. The van der Waals surface area contributed by atoms with Crippen molar-refractivity contribution in [3.63, 3.8) is 0 Å². The van der Waals surface area contributed by atoms with Gasteiger partial charge in [0.2, 0.25) is 0 Å². The van der Waals surface area contributed by atoms with Gasteiger partial charge in [-0.2, -0.15) is 13.2 Å². The molecule has 0 fully saturated rings. The zero-order chi connectivity index (χ0) is 9.07. The third-order valence-electron chi connectivity index (χ3n) is 0.888. The Balaban J connectivity index is 4.68. The first-order valence-corrected chi connectivity index (χ1v) is 2.73. The van der Waals surface area contributed by atoms with Crippen molar-refractivity contribution < 1.29 is 13.2 Å². The number of allylic oxidation sites excluding steroid dienone is 3. The van der Waals surface area contributed by atoms with Crippen molar-refractivity contribution in [2.45, 2.75) is 6.18 Å². The molecule has 0 aliphatic carbocycles. The summed E-state index contributed by atoms with van der Waals surface area (Å²) in [6, 6.07) is 0. The molecule has 4 heteroatoms. The summed E-state index contributed by atoms with van der Waals surface area (Å²) in [7, 11) is 0. The van der Waals surface area contributed by atoms with E-state index in [9.17, 15) is 13.2 Å². The Morgan fingerprint density at radius 2 is 1.82 bits per heavy atom. The van der Waals surface area contributed by atoms with Gasteiger partial charge in [-0.05, 0) is 6.08 Å². The average molecular weight is 163 g/mol. The van der Waals surface area contributed by atoms with Gasteiger partial charge in [-0.1, -0.05) is 19.2 Å². The summed E-state index contributed by atoms with van der Waals surface area (Å²) in [6.07, 6.45) is -2.98. The number of rotatable bonds is 2. The van der Waals surface area contributed by atoms with Crippen LogP contribution in [-0.4, -0.2) is 6.18 Å². The fourth-order valence-electron chi connectivity index (χ4n) is 0.456. The molecule has 0 rings (SSSR count). The van der Waals surface area contributed by atoms with Crippen molar-refractivity contribution in [3.05, 3.63) is 36.6 Å². The van der Waals surface area contributed by atoms with Crippen LogP contribution >= 0.6 is 0 Å². The lowest BCUT2D eigenvalue weighted by Gasteiger charge is -2.06. The highest BCUT2D eigenvalue weighted by molar-refractivity contribution is 5.29. The van der Waals surface area contributed by atoms with Crippen LogP contribution in [0.2, 0.25) is 0 Å². The van der Waals surface area contributed by atoms with Crippen molar-refractivity contribution in [1.82, 2.24) is 0 Å². The molecule has 2 N–H and O–H groups in total. The number of nitrogens with two attached hydrogens (primary N) is 1. The molecule has 11 heavy (non-hydrogen) atoms. The highest BCUT2D eigenvalue weighted by Gasteiger charge is 2.31. The topological polar surface area (TPSA) is 26.0 Å². The van der Waals surface area contributed by atoms with E-state index in [1.165, 1.54) is 0 Å². The number of hydrogen-bond donors (Lipinski definition) is 1. The van der Waals surface area contributed by atoms with Gasteiger partial charge in [-0.3, -0.25) is 0 Å². The third-order valence-corrected chi connectivity index (χ3v) is 0.888. The van der Waals surface area contributed by atoms with E-state index in [0.717, 1.165) is 6.08 Å². The molecule has 62 valence electrons. The van der Waals surface area contributed by atoms with Crippen LogP contribution in [0, 0.1) is 0 Å². The molecule has 0 amide bonds. The second kappa shape index (κ2) is 3.27. The molecule has 0 aromatic carbocycles. The summed E-state index contributed by atoms with van der Waals surface area (Å²) in [5.41, 5.74) is 3.92. The van der Waals surface area contributed by atoms with Gasteiger partial charge in [-0.25, -0.2) is 0 Å². The second-order valence-electron chi connectivity index (χ2n) is 1.88. The van der Waals surface area contributed by atoms with Crippen LogP contribution in [-0.2, 0) is 0 Å². The zero-order valence-corrected chi connectivity index (χ0v) is 5.78. The van der Waals surface area contributed by atoms with Crippen molar-refractivity contribution in [1.29, 1.82) is 0 Å². The molecule has 0 saturated carbocycles. The normalized spacial score (nSPS) is 12.8. The van der Waals surface area contributed by atoms with E-state index < -0.39 is 11.7 Å². The standard InChI is InChI=1S/C7H8F3N/c1-3-6(4-5(2)11)7(8,9)10/h3-4H,1-2,11H2/b6-4+. The summed E-state index contributed by atoms with van der Waals surface area (Å²) >= 11 is 0. The first-order valence-electron chi connectivity index (χ1n) is 2.73. The maximum atomic E-state index is 11.8. The quantitative estimate of drug-likeness (QED) is 0.620. The molecule has 0 bridgehead atoms. The number of hydrogen-bond acceptors (Lipinski definition) is 1. The summed E-state index contributed by atoms with van der Waals surface area (Å²) < 4.78 is 35.5. The van der Waals surface area contributed by atoms with Gasteiger partial charge in [-0.15, -0.1) is 0 Å². The van der Waals surface area contributed by atoms with Gasteiger partial charge >= 0.3 is 6.18 Å². The fraction of sp³-hybridized carbons (Fsp3) is 0.143. The Morgan fingerprint density at radius 3 is 1.91 bits per heavy atom. The lowest BCUT2D eigenvalue weighted by Crippen LogP contribution is -2.10. The highest BCUT2D eigenvalue weighted by Crippen LogP contribution is 2.26. The Bertz CT molecular complexity index is 200. The molecule has 0 radical (unpaired) electrons. The lowest BCUT2D eigenvalue weighted by atomic mass is 10.2. The Hall–Kier alpha value is -1.19. The summed E-state index contributed by atoms with van der Waals surface area (Å²) in [5.74, 6) is 0. The van der Waals surface area contributed by atoms with E-state index >= 15 is 0 Å². The van der Waals surface area contributed by atoms with Gasteiger partial charge in [0.15, 0.2) is 0 Å². The van der Waals surface area contributed by atoms with Gasteiger partial charge in [0, 0.05) is 5.70 Å². The SMILES string of the molecule is C=C/C(=C\C(=C)N)C(F)(F)F. The van der Waals surface area contributed by atoms with Crippen LogP contribution < -0.4 is 5.73 Å². The molecule has 0 aliphatic heterocycles. The van der Waals surface area contributed by atoms with Gasteiger partial charge in [0.05, 0.1) is 5.57 Å². The second-order valence-corrected chi connectivity index (χ2v) is 1.88. The van der Waals surface area contributed by atoms with Crippen LogP contribution in [0.5, 0.6) is 0 Å². The van der Waals surface area contributed by atoms with E-state index in [1.807, 2.05) is 0 Å². The van der Waals surface area contributed by atoms with E-state index in [0.29, 0.717) is 6.08 Å². The van der Waals surface area contributed by atoms with Crippen LogP contribution in [0.15, 0.2) is 36.6 Å². The van der Waals surface area contributed by atoms with Crippen LogP contribution in [0.3, 0.4) is 0 Å². The van der Waals surface area contributed by atoms with Crippen LogP contribution in [0.25, 0.3) is 0 Å². The minimum Gasteiger partial charge on any atom is -0.399 e. The number of halogens is 3. The third kappa shape index (κ3) is 3.50. The monoisotopic (exact) mass is 163 g/mol. The van der Waals surface area contributed by atoms with Crippen molar-refractivity contribution in [2.24, 2.45) is 5.73 Å². The molecular weight excluding hydrogens is 155 g/mol. The van der Waals surface area contributed by atoms with Gasteiger partial charge in [0.25, 0.3) is 0 Å². The van der Waals surface area contributed by atoms with Crippen molar-refractivity contribution in [3.8, 4) is 0 Å². The first-order chi connectivity index (χ1) is 4.88. The van der Waals surface area contributed by atoms with Crippen LogP contribution in [0.4, 0.5) is 13.2 Å². The molecule has 0 aliphatic rings. The van der Waals surface area contributed by atoms with E-state index in [1.54, 1.807) is 0 Å². The largest absolute Gasteiger partial charge is 0.416 e. The van der Waals surface area contributed by atoms with Gasteiger partial charge < -0.3 is 5.73 Å². The highest BCUT2D eigenvalue weighted by atomic mass is 19.4. The Morgan fingerprint density at radius 1 is 1.36 bits per heavy atom. The molecule has 0 heterocycles. The molecular formula is C7H8F3N. The van der Waals surface area contributed by atoms with E-state index in [4.69, 9.17) is 5.73 Å². The van der Waals surface area contributed by atoms with E-state index in [-0.39, 0.29) is 5.70 Å². The molecule has 1 nitrogen and oxygen atoms in total. The van der Waals surface area contributed by atoms with Crippen molar-refractivity contribution in [2.75, 3.05) is 0 Å². The molecule has 0 aromatic heterocycles. The average Bonchev–Trinajstić information content (AvgIpc) is 1.79. The summed E-state index contributed by atoms with van der Waals surface area (Å²) in [4.78, 5) is 0. The molecule has 0 aromatic rings. The maximum absolute atomic E-state index is 11.8. The predicted molar refractivity (Wildman–Crippen MR) is 37.7 cm³/mol. The fourth-order valence-corrected chi connectivity index (χ4v) is 0.456. The summed E-state index contributed by atoms with van der Waals surface area (Å²) in [5, 5.41) is 0. The Labute approximate surface area is 62.7 Å². The Kier molecular flexibility index (Phi) is 2.92. The molecule has 0 spiro atoms. The smallest absolute Gasteiger partial charge is 0.399 e. The molecule has 0 saturated heterocycles. The minimum atomic E-state index is -4.40. The van der Waals surface area contributed by atoms with Gasteiger partial charge in [0.1, 0.15) is 0 Å². The van der Waals surface area contributed by atoms with Crippen LogP contribution in [0.1, 0.15) is 0 Å². The lowest BCUT2D eigenvalue weighted by molar-refractivity contribution is -0.0882.